The van der Waals surface area contributed by atoms with Gasteiger partial charge in [-0.3, -0.25) is 0 Å². The third-order valence-corrected chi connectivity index (χ3v) is 3.14. The SMILES string of the molecule is NCC(F)(c1ccccc1)c1ccccc1Cl. The number of hydrogen-bond donors (Lipinski definition) is 1. The molecule has 0 aliphatic heterocycles. The highest BCUT2D eigenvalue weighted by atomic mass is 35.5. The maximum absolute atomic E-state index is 15.0. The van der Waals surface area contributed by atoms with Gasteiger partial charge >= 0.3 is 0 Å². The van der Waals surface area contributed by atoms with Crippen LogP contribution in [0.1, 0.15) is 11.1 Å². The van der Waals surface area contributed by atoms with Crippen LogP contribution in [0.2, 0.25) is 5.02 Å². The molecule has 17 heavy (non-hydrogen) atoms. The van der Waals surface area contributed by atoms with Gasteiger partial charge in [0, 0.05) is 17.1 Å². The summed E-state index contributed by atoms with van der Waals surface area (Å²) < 4.78 is 15.0. The third kappa shape index (κ3) is 2.19. The summed E-state index contributed by atoms with van der Waals surface area (Å²) in [6.07, 6.45) is 0. The Morgan fingerprint density at radius 3 is 2.18 bits per heavy atom. The molecule has 0 spiro atoms. The Balaban J connectivity index is 2.56. The lowest BCUT2D eigenvalue weighted by molar-refractivity contribution is 0.233. The van der Waals surface area contributed by atoms with E-state index in [1.807, 2.05) is 6.07 Å². The Morgan fingerprint density at radius 2 is 1.59 bits per heavy atom. The van der Waals surface area contributed by atoms with Crippen molar-refractivity contribution in [2.75, 3.05) is 6.54 Å². The smallest absolute Gasteiger partial charge is 0.174 e. The third-order valence-electron chi connectivity index (χ3n) is 2.81. The van der Waals surface area contributed by atoms with Crippen LogP contribution in [0.4, 0.5) is 4.39 Å². The molecule has 2 rings (SSSR count). The topological polar surface area (TPSA) is 26.0 Å². The molecule has 1 unspecified atom stereocenters. The second kappa shape index (κ2) is 4.86. The lowest BCUT2D eigenvalue weighted by Crippen LogP contribution is -2.31. The number of benzene rings is 2. The number of rotatable bonds is 3. The van der Waals surface area contributed by atoms with Gasteiger partial charge in [-0.2, -0.15) is 0 Å². The van der Waals surface area contributed by atoms with Crippen molar-refractivity contribution in [1.82, 2.24) is 0 Å². The fourth-order valence-electron chi connectivity index (χ4n) is 1.87. The number of halogens is 2. The van der Waals surface area contributed by atoms with Gasteiger partial charge in [0.05, 0.1) is 0 Å². The highest BCUT2D eigenvalue weighted by Gasteiger charge is 2.34. The van der Waals surface area contributed by atoms with Crippen molar-refractivity contribution in [2.45, 2.75) is 5.67 Å². The minimum atomic E-state index is -1.74. The zero-order chi connectivity index (χ0) is 12.3. The number of nitrogens with two attached hydrogens (primary N) is 1. The van der Waals surface area contributed by atoms with E-state index in [2.05, 4.69) is 0 Å². The van der Waals surface area contributed by atoms with E-state index in [0.29, 0.717) is 16.1 Å². The van der Waals surface area contributed by atoms with Gasteiger partial charge in [0.2, 0.25) is 0 Å². The van der Waals surface area contributed by atoms with Gasteiger partial charge in [-0.25, -0.2) is 4.39 Å². The van der Waals surface area contributed by atoms with Crippen molar-refractivity contribution in [2.24, 2.45) is 5.73 Å². The molecule has 0 aliphatic rings. The van der Waals surface area contributed by atoms with Crippen molar-refractivity contribution < 1.29 is 4.39 Å². The molecule has 0 aromatic heterocycles. The molecule has 0 heterocycles. The monoisotopic (exact) mass is 249 g/mol. The van der Waals surface area contributed by atoms with Crippen molar-refractivity contribution in [3.8, 4) is 0 Å². The van der Waals surface area contributed by atoms with Crippen LogP contribution in [0.15, 0.2) is 54.6 Å². The second-order valence-electron chi connectivity index (χ2n) is 3.85. The molecular formula is C14H13ClFN. The van der Waals surface area contributed by atoms with Gasteiger partial charge in [-0.15, -0.1) is 0 Å². The first-order valence-corrected chi connectivity index (χ1v) is 5.76. The molecule has 0 aliphatic carbocycles. The van der Waals surface area contributed by atoms with Gasteiger partial charge in [-0.05, 0) is 11.6 Å². The van der Waals surface area contributed by atoms with E-state index in [4.69, 9.17) is 17.3 Å². The lowest BCUT2D eigenvalue weighted by Gasteiger charge is -2.25. The van der Waals surface area contributed by atoms with E-state index in [1.54, 1.807) is 48.5 Å². The largest absolute Gasteiger partial charge is 0.327 e. The van der Waals surface area contributed by atoms with E-state index in [-0.39, 0.29) is 6.54 Å². The van der Waals surface area contributed by atoms with Gasteiger partial charge < -0.3 is 5.73 Å². The average Bonchev–Trinajstić information content (AvgIpc) is 2.39. The summed E-state index contributed by atoms with van der Waals surface area (Å²) in [5.74, 6) is 0. The van der Waals surface area contributed by atoms with Gasteiger partial charge in [0.15, 0.2) is 5.67 Å². The molecule has 0 fully saturated rings. The molecule has 3 heteroatoms. The zero-order valence-corrected chi connectivity index (χ0v) is 9.99. The standard InChI is InChI=1S/C14H13ClFN/c15-13-9-5-4-8-12(13)14(16,10-17)11-6-2-1-3-7-11/h1-9H,10,17H2. The molecule has 2 aromatic carbocycles. The minimum Gasteiger partial charge on any atom is -0.327 e. The zero-order valence-electron chi connectivity index (χ0n) is 9.24. The predicted octanol–water partition coefficient (Wildman–Crippen LogP) is 3.51. The van der Waals surface area contributed by atoms with E-state index in [9.17, 15) is 0 Å². The van der Waals surface area contributed by atoms with Crippen LogP contribution >= 0.6 is 11.6 Å². The first-order chi connectivity index (χ1) is 8.18. The lowest BCUT2D eigenvalue weighted by atomic mass is 9.88. The molecule has 88 valence electrons. The fraction of sp³-hybridized carbons (Fsp3) is 0.143. The first kappa shape index (κ1) is 12.1. The van der Waals surface area contributed by atoms with Crippen LogP contribution in [-0.4, -0.2) is 6.54 Å². The highest BCUT2D eigenvalue weighted by molar-refractivity contribution is 6.31. The minimum absolute atomic E-state index is 0.138. The number of alkyl halides is 1. The second-order valence-corrected chi connectivity index (χ2v) is 4.26. The Bertz CT molecular complexity index is 501. The molecular weight excluding hydrogens is 237 g/mol. The number of hydrogen-bond acceptors (Lipinski definition) is 1. The van der Waals surface area contributed by atoms with Crippen LogP contribution in [0, 0.1) is 0 Å². The Morgan fingerprint density at radius 1 is 1.00 bits per heavy atom. The summed E-state index contributed by atoms with van der Waals surface area (Å²) in [5.41, 5.74) is 4.81. The van der Waals surface area contributed by atoms with E-state index in [1.165, 1.54) is 0 Å². The van der Waals surface area contributed by atoms with E-state index >= 15 is 4.39 Å². The average molecular weight is 250 g/mol. The Hall–Kier alpha value is -1.38. The highest BCUT2D eigenvalue weighted by Crippen LogP contribution is 2.36. The quantitative estimate of drug-likeness (QED) is 0.885. The maximum atomic E-state index is 15.0. The van der Waals surface area contributed by atoms with E-state index < -0.39 is 5.67 Å². The summed E-state index contributed by atoms with van der Waals surface area (Å²) in [6, 6.07) is 15.7. The molecule has 0 saturated heterocycles. The first-order valence-electron chi connectivity index (χ1n) is 5.38. The molecule has 0 amide bonds. The van der Waals surface area contributed by atoms with Crippen LogP contribution in [0.3, 0.4) is 0 Å². The molecule has 0 radical (unpaired) electrons. The molecule has 0 bridgehead atoms. The molecule has 0 saturated carbocycles. The molecule has 2 N–H and O–H groups in total. The van der Waals surface area contributed by atoms with Gasteiger partial charge in [-0.1, -0.05) is 60.1 Å². The molecule has 1 nitrogen and oxygen atoms in total. The fourth-order valence-corrected chi connectivity index (χ4v) is 2.15. The normalized spacial score (nSPS) is 14.3. The summed E-state index contributed by atoms with van der Waals surface area (Å²) in [6.45, 7) is -0.138. The van der Waals surface area contributed by atoms with Crippen molar-refractivity contribution in [3.05, 3.63) is 70.7 Å². The van der Waals surface area contributed by atoms with Crippen molar-refractivity contribution in [1.29, 1.82) is 0 Å². The van der Waals surface area contributed by atoms with E-state index in [0.717, 1.165) is 0 Å². The Kier molecular flexibility index (Phi) is 3.46. The predicted molar refractivity (Wildman–Crippen MR) is 68.8 cm³/mol. The molecule has 2 aromatic rings. The van der Waals surface area contributed by atoms with Crippen LogP contribution in [0.5, 0.6) is 0 Å². The van der Waals surface area contributed by atoms with Crippen LogP contribution in [0.25, 0.3) is 0 Å². The van der Waals surface area contributed by atoms with Gasteiger partial charge in [0.1, 0.15) is 0 Å². The summed E-state index contributed by atoms with van der Waals surface area (Å²) >= 11 is 6.04. The summed E-state index contributed by atoms with van der Waals surface area (Å²) in [7, 11) is 0. The summed E-state index contributed by atoms with van der Waals surface area (Å²) in [5, 5.41) is 0.393. The van der Waals surface area contributed by atoms with Crippen molar-refractivity contribution >= 4 is 11.6 Å². The van der Waals surface area contributed by atoms with Crippen molar-refractivity contribution in [3.63, 3.8) is 0 Å². The Labute approximate surface area is 105 Å². The van der Waals surface area contributed by atoms with Crippen LogP contribution in [-0.2, 0) is 5.67 Å². The van der Waals surface area contributed by atoms with Gasteiger partial charge in [0.25, 0.3) is 0 Å². The maximum Gasteiger partial charge on any atom is 0.174 e. The molecule has 1 atom stereocenters. The summed E-state index contributed by atoms with van der Waals surface area (Å²) in [4.78, 5) is 0. The van der Waals surface area contributed by atoms with Crippen LogP contribution < -0.4 is 5.73 Å².